The fourth-order valence-electron chi connectivity index (χ4n) is 1.43. The van der Waals surface area contributed by atoms with Gasteiger partial charge >= 0.3 is 5.97 Å². The topological polar surface area (TPSA) is 124 Å². The summed E-state index contributed by atoms with van der Waals surface area (Å²) in [6.45, 7) is 0.00512. The Labute approximate surface area is 115 Å². The molecular formula is C11H13NO7S. The lowest BCUT2D eigenvalue weighted by molar-refractivity contribution is -0.384. The van der Waals surface area contributed by atoms with Crippen molar-refractivity contribution in [2.75, 3.05) is 18.6 Å². The van der Waals surface area contributed by atoms with Gasteiger partial charge in [-0.3, -0.25) is 10.1 Å². The van der Waals surface area contributed by atoms with Gasteiger partial charge in [0.2, 0.25) is 0 Å². The maximum atomic E-state index is 11.0. The van der Waals surface area contributed by atoms with Crippen molar-refractivity contribution in [2.45, 2.75) is 6.42 Å². The van der Waals surface area contributed by atoms with Crippen LogP contribution in [0.25, 0.3) is 0 Å². The number of carbonyl (C=O) groups is 1. The minimum atomic E-state index is -3.11. The summed E-state index contributed by atoms with van der Waals surface area (Å²) in [5.74, 6) is -1.47. The minimum absolute atomic E-state index is 0.00512. The number of nitro groups is 1. The van der Waals surface area contributed by atoms with Gasteiger partial charge in [-0.25, -0.2) is 13.2 Å². The maximum absolute atomic E-state index is 11.0. The molecule has 0 aliphatic heterocycles. The average Bonchev–Trinajstić information content (AvgIpc) is 2.33. The Morgan fingerprint density at radius 2 is 2.10 bits per heavy atom. The van der Waals surface area contributed by atoms with E-state index in [-0.39, 0.29) is 35.8 Å². The van der Waals surface area contributed by atoms with Gasteiger partial charge < -0.3 is 9.84 Å². The molecule has 1 aromatic rings. The summed E-state index contributed by atoms with van der Waals surface area (Å²) in [6, 6.07) is 3.20. The molecule has 0 aliphatic rings. The number of sulfone groups is 1. The normalized spacial score (nSPS) is 11.1. The molecule has 0 heterocycles. The Kier molecular flexibility index (Phi) is 5.03. The third-order valence-electron chi connectivity index (χ3n) is 2.32. The molecule has 0 aromatic heterocycles. The van der Waals surface area contributed by atoms with Crippen LogP contribution < -0.4 is 4.74 Å². The number of aromatic carboxylic acids is 1. The summed E-state index contributed by atoms with van der Waals surface area (Å²) < 4.78 is 27.0. The molecule has 20 heavy (non-hydrogen) atoms. The Bertz CT molecular complexity index is 624. The van der Waals surface area contributed by atoms with Crippen LogP contribution in [0.5, 0.6) is 5.75 Å². The van der Waals surface area contributed by atoms with Gasteiger partial charge in [-0.2, -0.15) is 0 Å². The summed E-state index contributed by atoms with van der Waals surface area (Å²) in [7, 11) is -3.11. The largest absolute Gasteiger partial charge is 0.493 e. The number of carboxylic acids is 1. The maximum Gasteiger partial charge on any atom is 0.339 e. The minimum Gasteiger partial charge on any atom is -0.493 e. The predicted octanol–water partition coefficient (Wildman–Crippen LogP) is 1.11. The van der Waals surface area contributed by atoms with Gasteiger partial charge in [-0.1, -0.05) is 0 Å². The van der Waals surface area contributed by atoms with E-state index in [9.17, 15) is 23.3 Å². The molecule has 9 heteroatoms. The van der Waals surface area contributed by atoms with Crippen molar-refractivity contribution in [3.05, 3.63) is 33.9 Å². The van der Waals surface area contributed by atoms with Crippen LogP contribution in [0.15, 0.2) is 18.2 Å². The molecule has 0 unspecified atom stereocenters. The first-order valence-electron chi connectivity index (χ1n) is 5.53. The number of hydrogen-bond donors (Lipinski definition) is 1. The van der Waals surface area contributed by atoms with Crippen LogP contribution in [-0.4, -0.2) is 43.0 Å². The molecule has 0 aliphatic carbocycles. The van der Waals surface area contributed by atoms with Crippen molar-refractivity contribution < 1.29 is 28.0 Å². The highest BCUT2D eigenvalue weighted by Gasteiger charge is 2.17. The van der Waals surface area contributed by atoms with Crippen LogP contribution in [0.2, 0.25) is 0 Å². The molecule has 0 spiro atoms. The second-order valence-electron chi connectivity index (χ2n) is 4.07. The molecule has 0 saturated carbocycles. The first kappa shape index (κ1) is 15.9. The molecule has 0 saturated heterocycles. The van der Waals surface area contributed by atoms with Gasteiger partial charge in [-0.15, -0.1) is 0 Å². The van der Waals surface area contributed by atoms with E-state index in [0.29, 0.717) is 0 Å². The zero-order chi connectivity index (χ0) is 15.3. The number of nitrogens with zero attached hydrogens (tertiary/aromatic N) is 1. The quantitative estimate of drug-likeness (QED) is 0.454. The highest BCUT2D eigenvalue weighted by Crippen LogP contribution is 2.24. The first-order chi connectivity index (χ1) is 9.20. The van der Waals surface area contributed by atoms with Crippen molar-refractivity contribution in [1.82, 2.24) is 0 Å². The second-order valence-corrected chi connectivity index (χ2v) is 6.33. The lowest BCUT2D eigenvalue weighted by Crippen LogP contribution is -2.10. The highest BCUT2D eigenvalue weighted by atomic mass is 32.2. The zero-order valence-electron chi connectivity index (χ0n) is 10.6. The molecule has 0 atom stereocenters. The van der Waals surface area contributed by atoms with E-state index in [2.05, 4.69) is 0 Å². The first-order valence-corrected chi connectivity index (χ1v) is 7.59. The summed E-state index contributed by atoms with van der Waals surface area (Å²) >= 11 is 0. The van der Waals surface area contributed by atoms with E-state index < -0.39 is 20.7 Å². The van der Waals surface area contributed by atoms with Gasteiger partial charge in [0, 0.05) is 18.4 Å². The van der Waals surface area contributed by atoms with Crippen LogP contribution in [0.4, 0.5) is 5.69 Å². The summed E-state index contributed by atoms with van der Waals surface area (Å²) in [5.41, 5.74) is -0.690. The van der Waals surface area contributed by atoms with Crippen molar-refractivity contribution in [1.29, 1.82) is 0 Å². The summed E-state index contributed by atoms with van der Waals surface area (Å²) in [5, 5.41) is 19.5. The number of nitro benzene ring substituents is 1. The van der Waals surface area contributed by atoms with Gasteiger partial charge in [0.05, 0.1) is 17.3 Å². The smallest absolute Gasteiger partial charge is 0.339 e. The number of ether oxygens (including phenoxy) is 1. The number of hydrogen-bond acceptors (Lipinski definition) is 6. The van der Waals surface area contributed by atoms with Gasteiger partial charge in [-0.05, 0) is 12.5 Å². The Morgan fingerprint density at radius 1 is 1.45 bits per heavy atom. The zero-order valence-corrected chi connectivity index (χ0v) is 11.4. The van der Waals surface area contributed by atoms with E-state index in [1.54, 1.807) is 0 Å². The molecule has 1 N–H and O–H groups in total. The Balaban J connectivity index is 2.79. The van der Waals surface area contributed by atoms with Crippen LogP contribution in [-0.2, 0) is 9.84 Å². The van der Waals surface area contributed by atoms with Crippen molar-refractivity contribution in [2.24, 2.45) is 0 Å². The monoisotopic (exact) mass is 303 g/mol. The van der Waals surface area contributed by atoms with E-state index in [0.717, 1.165) is 18.4 Å². The third kappa shape index (κ3) is 4.84. The lowest BCUT2D eigenvalue weighted by atomic mass is 10.2. The van der Waals surface area contributed by atoms with Crippen molar-refractivity contribution >= 4 is 21.5 Å². The summed E-state index contributed by atoms with van der Waals surface area (Å²) in [4.78, 5) is 20.8. The molecule has 8 nitrogen and oxygen atoms in total. The number of carboxylic acid groups (broad SMARTS) is 1. The fraction of sp³-hybridized carbons (Fsp3) is 0.364. The molecule has 0 amide bonds. The Morgan fingerprint density at radius 3 is 2.60 bits per heavy atom. The van der Waals surface area contributed by atoms with Crippen molar-refractivity contribution in [3.8, 4) is 5.75 Å². The average molecular weight is 303 g/mol. The van der Waals surface area contributed by atoms with E-state index in [1.807, 2.05) is 0 Å². The van der Waals surface area contributed by atoms with Gasteiger partial charge in [0.1, 0.15) is 21.2 Å². The molecule has 0 fully saturated rings. The molecule has 110 valence electrons. The van der Waals surface area contributed by atoms with Crippen molar-refractivity contribution in [3.63, 3.8) is 0 Å². The van der Waals surface area contributed by atoms with E-state index in [4.69, 9.17) is 9.84 Å². The Hall–Kier alpha value is -2.16. The number of non-ortho nitro benzene ring substituents is 1. The van der Waals surface area contributed by atoms with Gasteiger partial charge in [0.15, 0.2) is 0 Å². The van der Waals surface area contributed by atoms with E-state index >= 15 is 0 Å². The summed E-state index contributed by atoms with van der Waals surface area (Å²) in [6.07, 6.45) is 1.29. The van der Waals surface area contributed by atoms with Crippen LogP contribution in [0.1, 0.15) is 16.8 Å². The third-order valence-corrected chi connectivity index (χ3v) is 3.35. The van der Waals surface area contributed by atoms with Gasteiger partial charge in [0.25, 0.3) is 5.69 Å². The SMILES string of the molecule is CS(=O)(=O)CCCOc1ccc([N+](=O)[O-])cc1C(=O)O. The molecule has 1 aromatic carbocycles. The highest BCUT2D eigenvalue weighted by molar-refractivity contribution is 7.90. The number of rotatable bonds is 7. The second kappa shape index (κ2) is 6.33. The standard InChI is InChI=1S/C11H13NO7S/c1-20(17,18)6-2-5-19-10-4-3-8(12(15)16)7-9(10)11(13)14/h3-4,7H,2,5-6H2,1H3,(H,13,14). The van der Waals surface area contributed by atoms with Crippen LogP contribution in [0.3, 0.4) is 0 Å². The predicted molar refractivity (Wildman–Crippen MR) is 69.9 cm³/mol. The number of benzene rings is 1. The lowest BCUT2D eigenvalue weighted by Gasteiger charge is -2.08. The molecular weight excluding hydrogens is 290 g/mol. The fourth-order valence-corrected chi connectivity index (χ4v) is 2.07. The molecule has 0 radical (unpaired) electrons. The van der Waals surface area contributed by atoms with Crippen LogP contribution in [0, 0.1) is 10.1 Å². The van der Waals surface area contributed by atoms with Crippen LogP contribution >= 0.6 is 0 Å². The molecule has 1 rings (SSSR count). The molecule has 0 bridgehead atoms. The van der Waals surface area contributed by atoms with E-state index in [1.165, 1.54) is 6.07 Å².